The quantitative estimate of drug-likeness (QED) is 0.746. The van der Waals surface area contributed by atoms with Gasteiger partial charge >= 0.3 is 6.09 Å². The highest BCUT2D eigenvalue weighted by Gasteiger charge is 2.32. The molecule has 0 N–H and O–H groups in total. The van der Waals surface area contributed by atoms with Crippen molar-refractivity contribution in [2.24, 2.45) is 0 Å². The van der Waals surface area contributed by atoms with E-state index < -0.39 is 21.7 Å². The number of amides is 1. The minimum absolute atomic E-state index is 0.247. The number of hydrogen-bond donors (Lipinski definition) is 0. The fraction of sp³-hybridized carbons (Fsp3) is 0.471. The molecule has 0 saturated carbocycles. The van der Waals surface area contributed by atoms with Gasteiger partial charge in [-0.1, -0.05) is 11.6 Å². The molecule has 142 valence electrons. The van der Waals surface area contributed by atoms with Crippen LogP contribution in [0.25, 0.3) is 10.1 Å². The second kappa shape index (κ2) is 6.99. The Hall–Kier alpha value is -1.35. The highest BCUT2D eigenvalue weighted by Crippen LogP contribution is 2.32. The molecular weight excluding hydrogens is 396 g/mol. The van der Waals surface area contributed by atoms with Crippen molar-refractivity contribution in [2.45, 2.75) is 30.6 Å². The molecule has 1 saturated heterocycles. The van der Waals surface area contributed by atoms with Crippen LogP contribution < -0.4 is 0 Å². The Morgan fingerprint density at radius 3 is 2.42 bits per heavy atom. The van der Waals surface area contributed by atoms with Gasteiger partial charge in [0.05, 0.1) is 0 Å². The van der Waals surface area contributed by atoms with E-state index in [0.29, 0.717) is 22.3 Å². The number of fused-ring (bicyclic) bond motifs is 1. The molecule has 0 spiro atoms. The predicted octanol–water partition coefficient (Wildman–Crippen LogP) is 3.80. The number of carbonyl (C=O) groups is 1. The Kier molecular flexibility index (Phi) is 5.22. The summed E-state index contributed by atoms with van der Waals surface area (Å²) >= 11 is 7.21. The highest BCUT2D eigenvalue weighted by atomic mass is 35.5. The average Bonchev–Trinajstić information content (AvgIpc) is 2.97. The van der Waals surface area contributed by atoms with Crippen molar-refractivity contribution in [3.8, 4) is 0 Å². The van der Waals surface area contributed by atoms with Crippen LogP contribution in [0.5, 0.6) is 0 Å². The predicted molar refractivity (Wildman–Crippen MR) is 103 cm³/mol. The van der Waals surface area contributed by atoms with Gasteiger partial charge in [-0.15, -0.1) is 11.3 Å². The van der Waals surface area contributed by atoms with Gasteiger partial charge in [-0.25, -0.2) is 13.2 Å². The van der Waals surface area contributed by atoms with Crippen LogP contribution in [0.2, 0.25) is 5.02 Å². The van der Waals surface area contributed by atoms with Crippen LogP contribution in [0.3, 0.4) is 0 Å². The third kappa shape index (κ3) is 4.14. The molecule has 26 heavy (non-hydrogen) atoms. The van der Waals surface area contributed by atoms with Gasteiger partial charge in [0, 0.05) is 35.9 Å². The number of piperazine rings is 1. The lowest BCUT2D eigenvalue weighted by Gasteiger charge is -2.34. The molecule has 1 fully saturated rings. The smallest absolute Gasteiger partial charge is 0.410 e. The van der Waals surface area contributed by atoms with Gasteiger partial charge in [0.15, 0.2) is 0 Å². The Balaban J connectivity index is 1.72. The number of carbonyl (C=O) groups excluding carboxylic acids is 1. The second-order valence-electron chi connectivity index (χ2n) is 7.12. The zero-order valence-corrected chi connectivity index (χ0v) is 17.2. The first-order valence-corrected chi connectivity index (χ1v) is 10.9. The van der Waals surface area contributed by atoms with E-state index in [1.54, 1.807) is 43.9 Å². The number of rotatable bonds is 2. The third-order valence-electron chi connectivity index (χ3n) is 3.94. The van der Waals surface area contributed by atoms with Gasteiger partial charge in [-0.2, -0.15) is 4.31 Å². The van der Waals surface area contributed by atoms with Gasteiger partial charge in [0.1, 0.15) is 9.81 Å². The molecule has 0 aliphatic carbocycles. The van der Waals surface area contributed by atoms with Gasteiger partial charge < -0.3 is 9.64 Å². The lowest BCUT2D eigenvalue weighted by Crippen LogP contribution is -2.51. The lowest BCUT2D eigenvalue weighted by atomic mass is 10.2. The van der Waals surface area contributed by atoms with E-state index in [1.807, 2.05) is 6.07 Å². The minimum Gasteiger partial charge on any atom is -0.444 e. The van der Waals surface area contributed by atoms with Crippen LogP contribution in [0.15, 0.2) is 28.5 Å². The van der Waals surface area contributed by atoms with E-state index in [0.717, 1.165) is 10.1 Å². The molecular formula is C17H21ClN2O4S2. The normalized spacial score (nSPS) is 16.8. The largest absolute Gasteiger partial charge is 0.444 e. The van der Waals surface area contributed by atoms with E-state index in [4.69, 9.17) is 16.3 Å². The first kappa shape index (κ1) is 19.4. The van der Waals surface area contributed by atoms with Crippen molar-refractivity contribution in [3.63, 3.8) is 0 Å². The molecule has 1 aliphatic rings. The van der Waals surface area contributed by atoms with Gasteiger partial charge in [0.25, 0.3) is 10.0 Å². The maximum absolute atomic E-state index is 12.9. The van der Waals surface area contributed by atoms with Crippen LogP contribution in [0.1, 0.15) is 20.8 Å². The summed E-state index contributed by atoms with van der Waals surface area (Å²) in [5.74, 6) is 0. The van der Waals surface area contributed by atoms with E-state index in [1.165, 1.54) is 15.6 Å². The molecule has 0 bridgehead atoms. The first-order chi connectivity index (χ1) is 12.1. The summed E-state index contributed by atoms with van der Waals surface area (Å²) in [5.41, 5.74) is -0.571. The maximum atomic E-state index is 12.9. The Bertz CT molecular complexity index is 926. The lowest BCUT2D eigenvalue weighted by molar-refractivity contribution is 0.0192. The second-order valence-corrected chi connectivity index (χ2v) is 10.8. The van der Waals surface area contributed by atoms with E-state index in [2.05, 4.69) is 0 Å². The first-order valence-electron chi connectivity index (χ1n) is 8.23. The summed E-state index contributed by atoms with van der Waals surface area (Å²) in [6.07, 6.45) is -0.411. The van der Waals surface area contributed by atoms with Crippen LogP contribution in [0.4, 0.5) is 4.79 Å². The summed E-state index contributed by atoms with van der Waals surface area (Å²) in [4.78, 5) is 13.7. The number of hydrogen-bond acceptors (Lipinski definition) is 5. The molecule has 0 atom stereocenters. The van der Waals surface area contributed by atoms with Crippen LogP contribution in [0, 0.1) is 0 Å². The van der Waals surface area contributed by atoms with Gasteiger partial charge in [-0.3, -0.25) is 0 Å². The van der Waals surface area contributed by atoms with E-state index in [-0.39, 0.29) is 13.1 Å². The highest BCUT2D eigenvalue weighted by molar-refractivity contribution is 7.91. The zero-order chi connectivity index (χ0) is 19.1. The Morgan fingerprint density at radius 1 is 1.15 bits per heavy atom. The van der Waals surface area contributed by atoms with E-state index >= 15 is 0 Å². The molecule has 1 amide bonds. The Labute approximate surface area is 162 Å². The molecule has 0 radical (unpaired) electrons. The third-order valence-corrected chi connectivity index (χ3v) is 7.64. The molecule has 2 aromatic rings. The fourth-order valence-corrected chi connectivity index (χ4v) is 5.82. The number of thiophene rings is 1. The monoisotopic (exact) mass is 416 g/mol. The molecule has 1 aromatic carbocycles. The van der Waals surface area contributed by atoms with Crippen molar-refractivity contribution < 1.29 is 17.9 Å². The standard InChI is InChI=1S/C17H21ClN2O4S2/c1-17(2,3)24-16(21)19-6-8-20(9-7-19)26(22,23)15-11-12-10-13(18)4-5-14(12)25-15/h4-5,10-11H,6-9H2,1-3H3. The van der Waals surface area contributed by atoms with Crippen molar-refractivity contribution in [1.29, 1.82) is 0 Å². The number of sulfonamides is 1. The average molecular weight is 417 g/mol. The Morgan fingerprint density at radius 2 is 1.81 bits per heavy atom. The van der Waals surface area contributed by atoms with Crippen LogP contribution >= 0.6 is 22.9 Å². The molecule has 2 heterocycles. The van der Waals surface area contributed by atoms with Crippen molar-refractivity contribution in [1.82, 2.24) is 9.21 Å². The molecule has 3 rings (SSSR count). The summed E-state index contributed by atoms with van der Waals surface area (Å²) in [6.45, 7) is 6.53. The summed E-state index contributed by atoms with van der Waals surface area (Å²) in [6, 6.07) is 6.98. The molecule has 1 aliphatic heterocycles. The number of nitrogens with zero attached hydrogens (tertiary/aromatic N) is 2. The number of benzene rings is 1. The molecule has 6 nitrogen and oxygen atoms in total. The number of ether oxygens (including phenoxy) is 1. The van der Waals surface area contributed by atoms with Crippen molar-refractivity contribution in [2.75, 3.05) is 26.2 Å². The van der Waals surface area contributed by atoms with Crippen molar-refractivity contribution in [3.05, 3.63) is 29.3 Å². The fourth-order valence-electron chi connectivity index (χ4n) is 2.68. The topological polar surface area (TPSA) is 66.9 Å². The molecule has 1 aromatic heterocycles. The summed E-state index contributed by atoms with van der Waals surface area (Å²) in [5, 5.41) is 1.39. The zero-order valence-electron chi connectivity index (χ0n) is 14.9. The van der Waals surface area contributed by atoms with Crippen LogP contribution in [-0.2, 0) is 14.8 Å². The maximum Gasteiger partial charge on any atom is 0.410 e. The van der Waals surface area contributed by atoms with E-state index in [9.17, 15) is 13.2 Å². The summed E-state index contributed by atoms with van der Waals surface area (Å²) < 4.78 is 33.8. The van der Waals surface area contributed by atoms with Gasteiger partial charge in [0.2, 0.25) is 0 Å². The minimum atomic E-state index is -3.59. The SMILES string of the molecule is CC(C)(C)OC(=O)N1CCN(S(=O)(=O)c2cc3cc(Cl)ccc3s2)CC1. The summed E-state index contributed by atoms with van der Waals surface area (Å²) in [7, 11) is -3.59. The number of halogens is 1. The van der Waals surface area contributed by atoms with Crippen molar-refractivity contribution >= 4 is 49.1 Å². The van der Waals surface area contributed by atoms with Gasteiger partial charge in [-0.05, 0) is 50.4 Å². The molecule has 0 unspecified atom stereocenters. The molecule has 9 heteroatoms. The van der Waals surface area contributed by atoms with Crippen LogP contribution in [-0.4, -0.2) is 55.5 Å².